The second kappa shape index (κ2) is 9.28. The number of ether oxygens (including phenoxy) is 3. The van der Waals surface area contributed by atoms with Crippen LogP contribution in [0.15, 0.2) is 29.5 Å². The van der Waals surface area contributed by atoms with E-state index in [0.29, 0.717) is 36.8 Å². The molecule has 0 saturated carbocycles. The number of carbonyl (C=O) groups excluding carboxylic acids is 2. The van der Waals surface area contributed by atoms with Gasteiger partial charge in [-0.3, -0.25) is 14.5 Å². The maximum atomic E-state index is 12.8. The summed E-state index contributed by atoms with van der Waals surface area (Å²) in [5.41, 5.74) is 0.743. The van der Waals surface area contributed by atoms with Crippen molar-refractivity contribution in [3.8, 4) is 11.5 Å². The topological polar surface area (TPSA) is 88.5 Å². The lowest BCUT2D eigenvalue weighted by Gasteiger charge is -2.30. The molecule has 2 aliphatic heterocycles. The van der Waals surface area contributed by atoms with Crippen LogP contribution in [0.1, 0.15) is 24.9 Å². The predicted octanol–water partition coefficient (Wildman–Crippen LogP) is 1.71. The quantitative estimate of drug-likeness (QED) is 0.706. The highest BCUT2D eigenvalue weighted by Crippen LogP contribution is 2.42. The van der Waals surface area contributed by atoms with E-state index in [9.17, 15) is 14.7 Å². The number of aliphatic hydroxyl groups is 1. The Hall–Kier alpha value is -2.58. The molecule has 0 bridgehead atoms. The van der Waals surface area contributed by atoms with Gasteiger partial charge in [0.05, 0.1) is 39.0 Å². The fourth-order valence-corrected chi connectivity index (χ4v) is 3.90. The van der Waals surface area contributed by atoms with Gasteiger partial charge < -0.3 is 24.2 Å². The Kier molecular flexibility index (Phi) is 6.76. The Morgan fingerprint density at radius 3 is 2.55 bits per heavy atom. The van der Waals surface area contributed by atoms with Gasteiger partial charge in [-0.2, -0.15) is 0 Å². The van der Waals surface area contributed by atoms with E-state index in [4.69, 9.17) is 14.2 Å². The molecule has 1 saturated heterocycles. The minimum absolute atomic E-state index is 0.102. The van der Waals surface area contributed by atoms with E-state index >= 15 is 0 Å². The molecule has 1 amide bonds. The van der Waals surface area contributed by atoms with Crippen molar-refractivity contribution in [2.24, 2.45) is 0 Å². The number of nitrogens with zero attached hydrogens (tertiary/aromatic N) is 2. The second-order valence-electron chi connectivity index (χ2n) is 7.13. The van der Waals surface area contributed by atoms with Crippen LogP contribution < -0.4 is 9.47 Å². The van der Waals surface area contributed by atoms with Crippen LogP contribution in [0.4, 0.5) is 0 Å². The lowest BCUT2D eigenvalue weighted by molar-refractivity contribution is -0.129. The van der Waals surface area contributed by atoms with Crippen molar-refractivity contribution in [1.29, 1.82) is 0 Å². The molecule has 158 valence electrons. The number of morpholine rings is 1. The zero-order valence-corrected chi connectivity index (χ0v) is 17.1. The van der Waals surface area contributed by atoms with Crippen LogP contribution in [0.5, 0.6) is 11.5 Å². The summed E-state index contributed by atoms with van der Waals surface area (Å²) < 4.78 is 16.1. The van der Waals surface area contributed by atoms with Gasteiger partial charge in [-0.15, -0.1) is 0 Å². The summed E-state index contributed by atoms with van der Waals surface area (Å²) in [6.45, 7) is 5.75. The molecule has 1 atom stereocenters. The van der Waals surface area contributed by atoms with Crippen molar-refractivity contribution in [3.63, 3.8) is 0 Å². The second-order valence-corrected chi connectivity index (χ2v) is 7.13. The molecule has 0 spiro atoms. The Labute approximate surface area is 170 Å². The molecule has 2 aliphatic rings. The third kappa shape index (κ3) is 4.38. The molecule has 0 aromatic heterocycles. The molecule has 0 radical (unpaired) electrons. The first kappa shape index (κ1) is 21.1. The molecule has 8 heteroatoms. The number of amides is 1. The first-order valence-corrected chi connectivity index (χ1v) is 9.75. The highest BCUT2D eigenvalue weighted by Gasteiger charge is 2.43. The summed E-state index contributed by atoms with van der Waals surface area (Å²) in [7, 11) is 3.08. The number of ketones is 1. The first-order valence-electron chi connectivity index (χ1n) is 9.75. The molecule has 1 aromatic rings. The molecule has 1 aromatic carbocycles. The number of methoxy groups -OCH3 is 2. The van der Waals surface area contributed by atoms with Crippen molar-refractivity contribution in [2.75, 3.05) is 53.6 Å². The highest BCUT2D eigenvalue weighted by atomic mass is 16.5. The van der Waals surface area contributed by atoms with Gasteiger partial charge in [0, 0.05) is 37.8 Å². The summed E-state index contributed by atoms with van der Waals surface area (Å²) in [5.74, 6) is -0.249. The van der Waals surface area contributed by atoms with Crippen LogP contribution in [0.3, 0.4) is 0 Å². The van der Waals surface area contributed by atoms with Gasteiger partial charge in [-0.05, 0) is 25.5 Å². The highest BCUT2D eigenvalue weighted by molar-refractivity contribution is 6.08. The fraction of sp³-hybridized carbons (Fsp3) is 0.524. The number of Topliss-reactive ketones (excluding diaryl/α,β-unsaturated/α-hetero) is 1. The number of rotatable bonds is 8. The first-order chi connectivity index (χ1) is 14.0. The van der Waals surface area contributed by atoms with Gasteiger partial charge in [0.15, 0.2) is 11.5 Å². The summed E-state index contributed by atoms with van der Waals surface area (Å²) in [4.78, 5) is 28.9. The maximum absolute atomic E-state index is 12.8. The molecule has 3 rings (SSSR count). The van der Waals surface area contributed by atoms with Crippen LogP contribution in [-0.2, 0) is 14.3 Å². The molecule has 29 heavy (non-hydrogen) atoms. The van der Waals surface area contributed by atoms with Crippen LogP contribution >= 0.6 is 0 Å². The number of hydrogen-bond acceptors (Lipinski definition) is 7. The van der Waals surface area contributed by atoms with E-state index in [1.807, 2.05) is 0 Å². The van der Waals surface area contributed by atoms with Gasteiger partial charge in [0.2, 0.25) is 0 Å². The standard InChI is InChI=1S/C21H28N2O6/c1-14(24)18-19(16-6-5-15(27-2)13-17(16)28-3)23(21(26)20(18)25)8-4-7-22-9-11-29-12-10-22/h5-6,13,19,25H,4,7-12H2,1-3H3/t19-/m0/s1. The third-order valence-corrected chi connectivity index (χ3v) is 5.40. The fourth-order valence-electron chi connectivity index (χ4n) is 3.90. The number of benzene rings is 1. The van der Waals surface area contributed by atoms with Crippen LogP contribution in [0, 0.1) is 0 Å². The molecular formula is C21H28N2O6. The van der Waals surface area contributed by atoms with E-state index in [-0.39, 0.29) is 11.4 Å². The lowest BCUT2D eigenvalue weighted by Crippen LogP contribution is -2.39. The van der Waals surface area contributed by atoms with Crippen molar-refractivity contribution >= 4 is 11.7 Å². The Bertz CT molecular complexity index is 800. The SMILES string of the molecule is COc1ccc([C@H]2C(C(C)=O)=C(O)C(=O)N2CCCN2CCOCC2)c(OC)c1. The molecule has 0 unspecified atom stereocenters. The summed E-state index contributed by atoms with van der Waals surface area (Å²) in [5, 5.41) is 10.4. The van der Waals surface area contributed by atoms with Crippen molar-refractivity contribution in [3.05, 3.63) is 35.1 Å². The zero-order valence-electron chi connectivity index (χ0n) is 17.1. The molecule has 2 heterocycles. The zero-order chi connectivity index (χ0) is 21.0. The van der Waals surface area contributed by atoms with Crippen molar-refractivity contribution in [2.45, 2.75) is 19.4 Å². The minimum atomic E-state index is -0.689. The monoisotopic (exact) mass is 404 g/mol. The van der Waals surface area contributed by atoms with E-state index in [2.05, 4.69) is 4.90 Å². The van der Waals surface area contributed by atoms with Gasteiger partial charge in [0.1, 0.15) is 11.5 Å². The largest absolute Gasteiger partial charge is 0.503 e. The van der Waals surface area contributed by atoms with Gasteiger partial charge >= 0.3 is 0 Å². The summed E-state index contributed by atoms with van der Waals surface area (Å²) in [6.07, 6.45) is 0.721. The third-order valence-electron chi connectivity index (χ3n) is 5.40. The van der Waals surface area contributed by atoms with E-state index < -0.39 is 17.7 Å². The Morgan fingerprint density at radius 2 is 1.93 bits per heavy atom. The normalized spacial score (nSPS) is 20.3. The molecule has 0 aliphatic carbocycles. The lowest BCUT2D eigenvalue weighted by atomic mass is 9.95. The van der Waals surface area contributed by atoms with E-state index in [0.717, 1.165) is 26.1 Å². The number of carbonyl (C=O) groups is 2. The predicted molar refractivity (Wildman–Crippen MR) is 106 cm³/mol. The van der Waals surface area contributed by atoms with Crippen molar-refractivity contribution in [1.82, 2.24) is 9.80 Å². The van der Waals surface area contributed by atoms with E-state index in [1.165, 1.54) is 14.0 Å². The smallest absolute Gasteiger partial charge is 0.290 e. The van der Waals surface area contributed by atoms with Crippen LogP contribution in [-0.4, -0.2) is 80.2 Å². The van der Waals surface area contributed by atoms with Crippen LogP contribution in [0.2, 0.25) is 0 Å². The van der Waals surface area contributed by atoms with Gasteiger partial charge in [-0.1, -0.05) is 0 Å². The minimum Gasteiger partial charge on any atom is -0.503 e. The molecule has 1 fully saturated rings. The van der Waals surface area contributed by atoms with E-state index in [1.54, 1.807) is 30.2 Å². The maximum Gasteiger partial charge on any atom is 0.290 e. The average Bonchev–Trinajstić information content (AvgIpc) is 2.99. The number of aliphatic hydroxyl groups excluding tert-OH is 1. The van der Waals surface area contributed by atoms with Gasteiger partial charge in [0.25, 0.3) is 5.91 Å². The molecule has 8 nitrogen and oxygen atoms in total. The van der Waals surface area contributed by atoms with Gasteiger partial charge in [-0.25, -0.2) is 0 Å². The molecule has 1 N–H and O–H groups in total. The van der Waals surface area contributed by atoms with Crippen LogP contribution in [0.25, 0.3) is 0 Å². The Balaban J connectivity index is 1.86. The summed E-state index contributed by atoms with van der Waals surface area (Å²) >= 11 is 0. The average molecular weight is 404 g/mol. The summed E-state index contributed by atoms with van der Waals surface area (Å²) in [6, 6.07) is 4.54. The number of hydrogen-bond donors (Lipinski definition) is 1. The molecular weight excluding hydrogens is 376 g/mol. The van der Waals surface area contributed by atoms with Crippen molar-refractivity contribution < 1.29 is 28.9 Å². The Morgan fingerprint density at radius 1 is 1.21 bits per heavy atom.